The first-order valence-corrected chi connectivity index (χ1v) is 23.8. The minimum atomic E-state index is -4.90. The van der Waals surface area contributed by atoms with Crippen molar-refractivity contribution in [3.05, 3.63) is 70.6 Å². The number of fused-ring (bicyclic) bond motifs is 1. The summed E-state index contributed by atoms with van der Waals surface area (Å²) in [5, 5.41) is 7.57. The van der Waals surface area contributed by atoms with Crippen LogP contribution in [0.5, 0.6) is 0 Å². The van der Waals surface area contributed by atoms with Crippen molar-refractivity contribution < 1.29 is 68.9 Å². The molecule has 0 radical (unpaired) electrons. The number of alkyl halides is 3. The summed E-state index contributed by atoms with van der Waals surface area (Å²) in [6.07, 6.45) is -2.23. The number of ether oxygens (including phenoxy) is 4. The molecule has 21 heteroatoms. The minimum Gasteiger partial charge on any atom is -0.460 e. The van der Waals surface area contributed by atoms with E-state index in [9.17, 15) is 50.0 Å². The lowest BCUT2D eigenvalue weighted by atomic mass is 9.85. The third-order valence-corrected chi connectivity index (χ3v) is 14.1. The fraction of sp³-hybridized carbons (Fsp3) is 0.587. The summed E-state index contributed by atoms with van der Waals surface area (Å²) in [5.41, 5.74) is -1.09. The maximum absolute atomic E-state index is 14.7. The SMILES string of the molecule is CC[C@@H]1C[C@]1(NC(=O)[C@@H]1C[C@@H](OC(=O)CC2=CCc3cc(NC(=O)COCCOCCOC)ccc3C2)CN1C(=O)[C@@H](Nc1cc(F)cc(C(F)(F)F)c1)C(C)(C)C)C(=O)NS(=O)(=O)C1CC1. The van der Waals surface area contributed by atoms with Gasteiger partial charge in [-0.25, -0.2) is 12.8 Å². The van der Waals surface area contributed by atoms with Crippen molar-refractivity contribution in [2.75, 3.05) is 57.3 Å². The highest BCUT2D eigenvalue weighted by molar-refractivity contribution is 7.91. The first-order chi connectivity index (χ1) is 31.5. The molecule has 67 heavy (non-hydrogen) atoms. The number of hydrogen-bond acceptors (Lipinski definition) is 12. The number of sulfonamides is 1. The number of esters is 1. The molecule has 2 saturated carbocycles. The molecule has 3 aliphatic carbocycles. The van der Waals surface area contributed by atoms with Gasteiger partial charge in [0.2, 0.25) is 27.7 Å². The highest BCUT2D eigenvalue weighted by Gasteiger charge is 2.62. The maximum Gasteiger partial charge on any atom is 0.416 e. The monoisotopic (exact) mass is 965 g/mol. The summed E-state index contributed by atoms with van der Waals surface area (Å²) in [6.45, 7) is 7.61. The van der Waals surface area contributed by atoms with Crippen LogP contribution in [0.15, 0.2) is 48.0 Å². The topological polar surface area (TPSA) is 208 Å². The molecule has 6 rings (SSSR count). The van der Waals surface area contributed by atoms with Crippen molar-refractivity contribution in [3.8, 4) is 0 Å². The first kappa shape index (κ1) is 51.3. The average molecular weight is 966 g/mol. The second-order valence-corrected chi connectivity index (χ2v) is 20.5. The highest BCUT2D eigenvalue weighted by atomic mass is 32.2. The number of benzene rings is 2. The summed E-state index contributed by atoms with van der Waals surface area (Å²) in [4.78, 5) is 69.7. The number of amides is 4. The van der Waals surface area contributed by atoms with Gasteiger partial charge in [-0.3, -0.25) is 28.7 Å². The van der Waals surface area contributed by atoms with Gasteiger partial charge in [0.25, 0.3) is 5.91 Å². The second-order valence-electron chi connectivity index (χ2n) is 18.6. The molecular weight excluding hydrogens is 907 g/mol. The van der Waals surface area contributed by atoms with Crippen molar-refractivity contribution in [3.63, 3.8) is 0 Å². The van der Waals surface area contributed by atoms with Crippen LogP contribution in [0.4, 0.5) is 28.9 Å². The number of nitrogens with zero attached hydrogens (tertiary/aromatic N) is 1. The number of allylic oxidation sites excluding steroid dienone is 1. The minimum absolute atomic E-state index is 0.128. The summed E-state index contributed by atoms with van der Waals surface area (Å²) in [7, 11) is -2.42. The van der Waals surface area contributed by atoms with E-state index in [2.05, 4.69) is 20.7 Å². The van der Waals surface area contributed by atoms with Crippen LogP contribution in [0.2, 0.25) is 0 Å². The number of likely N-dealkylation sites (tertiary alicyclic amines) is 1. The molecule has 0 aromatic heterocycles. The molecule has 5 atom stereocenters. The van der Waals surface area contributed by atoms with Crippen molar-refractivity contribution in [1.29, 1.82) is 0 Å². The van der Waals surface area contributed by atoms with Gasteiger partial charge in [-0.15, -0.1) is 0 Å². The van der Waals surface area contributed by atoms with Gasteiger partial charge in [-0.05, 0) is 84.9 Å². The third kappa shape index (κ3) is 13.3. The third-order valence-electron chi connectivity index (χ3n) is 12.3. The summed E-state index contributed by atoms with van der Waals surface area (Å²) >= 11 is 0. The molecular formula is C46H59F4N5O11S. The van der Waals surface area contributed by atoms with Crippen LogP contribution in [0.1, 0.15) is 82.9 Å². The predicted molar refractivity (Wildman–Crippen MR) is 236 cm³/mol. The zero-order valence-corrected chi connectivity index (χ0v) is 39.0. The Hall–Kier alpha value is -5.12. The second kappa shape index (κ2) is 21.0. The molecule has 2 aromatic rings. The van der Waals surface area contributed by atoms with E-state index in [1.54, 1.807) is 40.9 Å². The van der Waals surface area contributed by atoms with E-state index in [0.717, 1.165) is 27.7 Å². The number of methoxy groups -OCH3 is 1. The molecule has 2 aromatic carbocycles. The van der Waals surface area contributed by atoms with Crippen LogP contribution >= 0.6 is 0 Å². The fourth-order valence-electron chi connectivity index (χ4n) is 8.40. The highest BCUT2D eigenvalue weighted by Crippen LogP contribution is 2.47. The molecule has 0 bridgehead atoms. The van der Waals surface area contributed by atoms with E-state index in [-0.39, 0.29) is 50.6 Å². The maximum atomic E-state index is 14.7. The Kier molecular flexibility index (Phi) is 16.1. The van der Waals surface area contributed by atoms with Gasteiger partial charge in [-0.2, -0.15) is 13.2 Å². The Labute approximate surface area is 387 Å². The normalized spacial score (nSPS) is 22.0. The summed E-state index contributed by atoms with van der Waals surface area (Å²) in [6, 6.07) is 4.52. The first-order valence-electron chi connectivity index (χ1n) is 22.3. The number of halogens is 4. The van der Waals surface area contributed by atoms with Crippen LogP contribution in [-0.4, -0.2) is 119 Å². The van der Waals surface area contributed by atoms with E-state index in [4.69, 9.17) is 18.9 Å². The quantitative estimate of drug-likeness (QED) is 0.0576. The lowest BCUT2D eigenvalue weighted by Gasteiger charge is -2.36. The molecule has 1 aliphatic heterocycles. The molecule has 4 amide bonds. The molecule has 368 valence electrons. The number of nitrogens with one attached hydrogen (secondary N) is 4. The van der Waals surface area contributed by atoms with Crippen LogP contribution in [0, 0.1) is 17.2 Å². The fourth-order valence-corrected chi connectivity index (χ4v) is 9.76. The van der Waals surface area contributed by atoms with E-state index >= 15 is 0 Å². The molecule has 0 unspecified atom stereocenters. The largest absolute Gasteiger partial charge is 0.460 e. The summed E-state index contributed by atoms with van der Waals surface area (Å²) < 4.78 is 105. The Bertz CT molecular complexity index is 2340. The van der Waals surface area contributed by atoms with E-state index in [1.807, 2.05) is 18.2 Å². The van der Waals surface area contributed by atoms with E-state index < -0.39 is 91.6 Å². The van der Waals surface area contributed by atoms with Gasteiger partial charge in [0.05, 0.1) is 50.2 Å². The zero-order chi connectivity index (χ0) is 48.9. The average Bonchev–Trinajstić information content (AvgIpc) is 4.18. The van der Waals surface area contributed by atoms with Crippen LogP contribution in [0.25, 0.3) is 0 Å². The van der Waals surface area contributed by atoms with Crippen LogP contribution in [0.3, 0.4) is 0 Å². The molecule has 3 fully saturated rings. The summed E-state index contributed by atoms with van der Waals surface area (Å²) in [5.74, 6) is -5.11. The van der Waals surface area contributed by atoms with Crippen molar-refractivity contribution in [2.45, 2.75) is 114 Å². The predicted octanol–water partition coefficient (Wildman–Crippen LogP) is 4.81. The number of hydrogen-bond donors (Lipinski definition) is 4. The Morgan fingerprint density at radius 1 is 0.940 bits per heavy atom. The number of rotatable bonds is 21. The van der Waals surface area contributed by atoms with E-state index in [0.29, 0.717) is 69.7 Å². The van der Waals surface area contributed by atoms with Gasteiger partial charge in [-0.1, -0.05) is 51.8 Å². The van der Waals surface area contributed by atoms with Gasteiger partial charge in [0.1, 0.15) is 36.2 Å². The van der Waals surface area contributed by atoms with Crippen LogP contribution in [-0.2, 0) is 72.0 Å². The van der Waals surface area contributed by atoms with Crippen molar-refractivity contribution >= 4 is 51.0 Å². The molecule has 1 saturated heterocycles. The van der Waals surface area contributed by atoms with Crippen molar-refractivity contribution in [1.82, 2.24) is 14.9 Å². The number of anilines is 2. The Morgan fingerprint density at radius 2 is 1.66 bits per heavy atom. The molecule has 16 nitrogen and oxygen atoms in total. The molecule has 4 N–H and O–H groups in total. The van der Waals surface area contributed by atoms with Gasteiger partial charge in [0, 0.05) is 24.9 Å². The Morgan fingerprint density at radius 3 is 2.31 bits per heavy atom. The van der Waals surface area contributed by atoms with Crippen LogP contribution < -0.4 is 20.7 Å². The molecule has 0 spiro atoms. The Balaban J connectivity index is 1.14. The zero-order valence-electron chi connectivity index (χ0n) is 38.2. The number of carbonyl (C=O) groups is 5. The lowest BCUT2D eigenvalue weighted by molar-refractivity contribution is -0.148. The molecule has 4 aliphatic rings. The number of carbonyl (C=O) groups excluding carboxylic acids is 5. The standard InChI is InChI=1S/C46H59F4N5O11S/c1-6-30-24-45(30,43(60)54-67(61,62)36-11-12-36)53-41(58)37-23-35(25-55(37)42(59)40(44(2,3)4)52-34-21-31(46(48,49)50)20-32(47)22-34)66-39(57)18-27-7-8-29-19-33(10-9-28(29)17-27)51-38(56)26-65-16-15-64-14-13-63-5/h7,9-10,19-22,30,35-37,40,52H,6,8,11-18,23-26H2,1-5H3,(H,51,56)(H,53,58)(H,54,60)/t30-,35-,37+,40-,45-/m1/s1. The van der Waals surface area contributed by atoms with Gasteiger partial charge >= 0.3 is 12.1 Å². The molecule has 1 heterocycles. The lowest BCUT2D eigenvalue weighted by Crippen LogP contribution is -2.58. The van der Waals surface area contributed by atoms with Gasteiger partial charge < -0.3 is 39.8 Å². The van der Waals surface area contributed by atoms with Gasteiger partial charge in [0.15, 0.2) is 0 Å². The van der Waals surface area contributed by atoms with E-state index in [1.165, 1.54) is 0 Å². The van der Waals surface area contributed by atoms with Crippen molar-refractivity contribution in [2.24, 2.45) is 11.3 Å². The smallest absolute Gasteiger partial charge is 0.416 e.